The van der Waals surface area contributed by atoms with E-state index in [1.807, 2.05) is 0 Å². The van der Waals surface area contributed by atoms with Gasteiger partial charge in [0.25, 0.3) is 0 Å². The summed E-state index contributed by atoms with van der Waals surface area (Å²) in [7, 11) is -1.73. The number of ether oxygens (including phenoxy) is 1. The maximum atomic E-state index is 11.1. The zero-order valence-corrected chi connectivity index (χ0v) is 28.3. The second kappa shape index (κ2) is 11.6. The summed E-state index contributed by atoms with van der Waals surface area (Å²) in [5.74, 6) is 4.65. The van der Waals surface area contributed by atoms with Crippen LogP contribution in [0, 0.1) is 46.3 Å². The molecule has 0 saturated heterocycles. The Hall–Kier alpha value is -0.613. The van der Waals surface area contributed by atoms with E-state index in [1.54, 1.807) is 5.57 Å². The molecule has 0 unspecified atom stereocenters. The third-order valence-corrected chi connectivity index (χ3v) is 17.5. The average molecular weight is 559 g/mol. The molecule has 3 fully saturated rings. The van der Waals surface area contributed by atoms with Gasteiger partial charge in [0, 0.05) is 13.0 Å². The smallest absolute Gasteiger partial charge is 0.302 e. The number of hydrogen-bond acceptors (Lipinski definition) is 3. The van der Waals surface area contributed by atoms with E-state index in [0.29, 0.717) is 29.5 Å². The summed E-state index contributed by atoms with van der Waals surface area (Å²) in [6, 6.07) is 0. The van der Waals surface area contributed by atoms with Gasteiger partial charge in [0.05, 0.1) is 6.61 Å². The predicted octanol–water partition coefficient (Wildman–Crippen LogP) is 9.96. The molecular weight excluding hydrogens is 496 g/mol. The summed E-state index contributed by atoms with van der Waals surface area (Å²) in [4.78, 5) is 11.1. The zero-order chi connectivity index (χ0) is 28.8. The van der Waals surface area contributed by atoms with Gasteiger partial charge in [-0.1, -0.05) is 73.0 Å². The molecule has 39 heavy (non-hydrogen) atoms. The molecule has 0 radical (unpaired) electrons. The molecule has 0 aromatic rings. The van der Waals surface area contributed by atoms with Gasteiger partial charge in [-0.3, -0.25) is 4.79 Å². The maximum Gasteiger partial charge on any atom is 0.302 e. The van der Waals surface area contributed by atoms with E-state index >= 15 is 0 Å². The van der Waals surface area contributed by atoms with E-state index in [-0.39, 0.29) is 11.0 Å². The van der Waals surface area contributed by atoms with Gasteiger partial charge in [0.15, 0.2) is 8.32 Å². The molecule has 4 aliphatic rings. The fraction of sp³-hybridized carbons (Fsp3) is 0.914. The second-order valence-corrected chi connectivity index (χ2v) is 21.3. The molecule has 9 atom stereocenters. The minimum atomic E-state index is -1.73. The minimum Gasteiger partial charge on any atom is -0.466 e. The molecule has 0 aliphatic heterocycles. The van der Waals surface area contributed by atoms with Crippen molar-refractivity contribution in [2.24, 2.45) is 46.3 Å². The topological polar surface area (TPSA) is 35.5 Å². The standard InChI is InChI=1S/C35H62O3Si/c1-24(23-37-26(3)36)12-11-13-25(2)30-16-17-31-29-15-14-27-22-28(38-39(9,10)33(4,5)6)18-20-34(27,7)32(29)19-21-35(30,31)8/h14,24-25,28-32H,11-13,15-23H2,1-10H3/t24-,25-,28+,29+,30-,31+,32+,34+,35-/m1/s1. The van der Waals surface area contributed by atoms with Crippen LogP contribution in [0.25, 0.3) is 0 Å². The predicted molar refractivity (Wildman–Crippen MR) is 166 cm³/mol. The van der Waals surface area contributed by atoms with E-state index in [1.165, 1.54) is 77.6 Å². The molecule has 0 heterocycles. The first-order valence-corrected chi connectivity index (χ1v) is 19.5. The fourth-order valence-electron chi connectivity index (χ4n) is 9.63. The molecule has 4 rings (SSSR count). The van der Waals surface area contributed by atoms with Crippen molar-refractivity contribution in [2.75, 3.05) is 6.61 Å². The van der Waals surface area contributed by atoms with Crippen LogP contribution in [0.1, 0.15) is 126 Å². The average Bonchev–Trinajstić information content (AvgIpc) is 3.19. The Balaban J connectivity index is 1.37. The quantitative estimate of drug-likeness (QED) is 0.160. The van der Waals surface area contributed by atoms with Crippen molar-refractivity contribution in [3.8, 4) is 0 Å². The second-order valence-electron chi connectivity index (χ2n) is 16.5. The summed E-state index contributed by atoms with van der Waals surface area (Å²) in [6.45, 7) is 24.2. The van der Waals surface area contributed by atoms with Crippen molar-refractivity contribution in [3.05, 3.63) is 11.6 Å². The van der Waals surface area contributed by atoms with Gasteiger partial charge in [0.2, 0.25) is 0 Å². The molecule has 0 bridgehead atoms. The highest BCUT2D eigenvalue weighted by Gasteiger charge is 2.59. The molecule has 0 N–H and O–H groups in total. The Morgan fingerprint density at radius 1 is 1.05 bits per heavy atom. The molecule has 4 heteroatoms. The van der Waals surface area contributed by atoms with Crippen LogP contribution >= 0.6 is 0 Å². The molecule has 3 saturated carbocycles. The van der Waals surface area contributed by atoms with Crippen LogP contribution in [-0.4, -0.2) is 27.0 Å². The molecule has 0 spiro atoms. The normalized spacial score (nSPS) is 38.2. The largest absolute Gasteiger partial charge is 0.466 e. The number of hydrogen-bond donors (Lipinski definition) is 0. The third kappa shape index (κ3) is 6.27. The maximum absolute atomic E-state index is 11.1. The lowest BCUT2D eigenvalue weighted by molar-refractivity contribution is -0.142. The number of allylic oxidation sites excluding steroid dienone is 1. The van der Waals surface area contributed by atoms with E-state index in [4.69, 9.17) is 9.16 Å². The van der Waals surface area contributed by atoms with Gasteiger partial charge in [0.1, 0.15) is 0 Å². The SMILES string of the molecule is CC(=O)OC[C@H](C)CCC[C@@H](C)[C@H]1CC[C@H]2[C@@H]3CC=C4C[C@@H](O[Si](C)(C)C(C)(C)C)CC[C@]4(C)[C@H]3CC[C@]12C. The van der Waals surface area contributed by atoms with Crippen LogP contribution in [0.5, 0.6) is 0 Å². The van der Waals surface area contributed by atoms with Crippen molar-refractivity contribution >= 4 is 14.3 Å². The first kappa shape index (κ1) is 31.3. The number of fused-ring (bicyclic) bond motifs is 5. The van der Waals surface area contributed by atoms with E-state index in [2.05, 4.69) is 67.6 Å². The van der Waals surface area contributed by atoms with Gasteiger partial charge in [-0.05, 0) is 122 Å². The molecule has 4 aliphatic carbocycles. The Morgan fingerprint density at radius 2 is 1.77 bits per heavy atom. The lowest BCUT2D eigenvalue weighted by Gasteiger charge is -2.59. The monoisotopic (exact) mass is 558 g/mol. The molecule has 0 aromatic carbocycles. The Morgan fingerprint density at radius 3 is 2.44 bits per heavy atom. The van der Waals surface area contributed by atoms with Crippen LogP contribution in [0.3, 0.4) is 0 Å². The van der Waals surface area contributed by atoms with Crippen LogP contribution in [0.15, 0.2) is 11.6 Å². The van der Waals surface area contributed by atoms with Gasteiger partial charge < -0.3 is 9.16 Å². The Kier molecular flexibility index (Phi) is 9.30. The molecule has 0 amide bonds. The fourth-order valence-corrected chi connectivity index (χ4v) is 11.0. The van der Waals surface area contributed by atoms with Crippen molar-refractivity contribution in [2.45, 2.75) is 150 Å². The zero-order valence-electron chi connectivity index (χ0n) is 27.3. The summed E-state index contributed by atoms with van der Waals surface area (Å²) < 4.78 is 12.2. The highest BCUT2D eigenvalue weighted by atomic mass is 28.4. The Labute approximate surface area is 242 Å². The van der Waals surface area contributed by atoms with Gasteiger partial charge in [-0.15, -0.1) is 0 Å². The lowest BCUT2D eigenvalue weighted by Crippen LogP contribution is -2.52. The molecule has 3 nitrogen and oxygen atoms in total. The molecule has 224 valence electrons. The van der Waals surface area contributed by atoms with Crippen LogP contribution in [0.2, 0.25) is 18.1 Å². The van der Waals surface area contributed by atoms with Gasteiger partial charge in [-0.2, -0.15) is 0 Å². The highest BCUT2D eigenvalue weighted by Crippen LogP contribution is 2.67. The molecule has 0 aromatic heterocycles. The van der Waals surface area contributed by atoms with Crippen LogP contribution in [0.4, 0.5) is 0 Å². The first-order valence-electron chi connectivity index (χ1n) is 16.6. The van der Waals surface area contributed by atoms with E-state index in [0.717, 1.165) is 29.6 Å². The van der Waals surface area contributed by atoms with Gasteiger partial charge >= 0.3 is 5.97 Å². The number of carbonyl (C=O) groups is 1. The van der Waals surface area contributed by atoms with Crippen molar-refractivity contribution in [1.29, 1.82) is 0 Å². The number of carbonyl (C=O) groups excluding carboxylic acids is 1. The summed E-state index contributed by atoms with van der Waals surface area (Å²) in [5, 5.41) is 0.284. The summed E-state index contributed by atoms with van der Waals surface area (Å²) in [6.07, 6.45) is 17.7. The van der Waals surface area contributed by atoms with E-state index < -0.39 is 8.32 Å². The summed E-state index contributed by atoms with van der Waals surface area (Å²) in [5.41, 5.74) is 2.68. The van der Waals surface area contributed by atoms with Crippen molar-refractivity contribution < 1.29 is 14.0 Å². The van der Waals surface area contributed by atoms with E-state index in [9.17, 15) is 4.79 Å². The van der Waals surface area contributed by atoms with Crippen molar-refractivity contribution in [1.82, 2.24) is 0 Å². The first-order chi connectivity index (χ1) is 18.1. The number of esters is 1. The minimum absolute atomic E-state index is 0.151. The van der Waals surface area contributed by atoms with Crippen molar-refractivity contribution in [3.63, 3.8) is 0 Å². The highest BCUT2D eigenvalue weighted by molar-refractivity contribution is 6.74. The van der Waals surface area contributed by atoms with Gasteiger partial charge in [-0.25, -0.2) is 0 Å². The number of rotatable bonds is 9. The Bertz CT molecular complexity index is 902. The molecular formula is C35H62O3Si. The summed E-state index contributed by atoms with van der Waals surface area (Å²) >= 11 is 0. The third-order valence-electron chi connectivity index (χ3n) is 13.0. The van der Waals surface area contributed by atoms with Crippen LogP contribution in [-0.2, 0) is 14.0 Å². The lowest BCUT2D eigenvalue weighted by atomic mass is 9.47. The van der Waals surface area contributed by atoms with Crippen LogP contribution < -0.4 is 0 Å².